The average Bonchev–Trinajstić information content (AvgIpc) is 3.22. The normalized spacial score (nSPS) is 21.9. The number of pyridine rings is 1. The zero-order valence-corrected chi connectivity index (χ0v) is 17.5. The Morgan fingerprint density at radius 2 is 2.24 bits per heavy atom. The summed E-state index contributed by atoms with van der Waals surface area (Å²) in [6.45, 7) is 5.78. The first kappa shape index (κ1) is 20.2. The van der Waals surface area contributed by atoms with Crippen LogP contribution in [0, 0.1) is 0 Å². The highest BCUT2D eigenvalue weighted by Crippen LogP contribution is 2.26. The number of fused-ring (bicyclic) bond motifs is 1. The van der Waals surface area contributed by atoms with Crippen LogP contribution < -0.4 is 5.32 Å². The first-order chi connectivity index (χ1) is 14.1. The maximum atomic E-state index is 12.9. The summed E-state index contributed by atoms with van der Waals surface area (Å²) in [5.41, 5.74) is 1.63. The SMILES string of the molecule is CCN1CCC([S+]([O-])C2C=CC(CNC(=O)c3cc4ccncc4o3)=CC2)CC1. The molecule has 154 valence electrons. The number of rotatable bonds is 6. The molecular formula is C22H27N3O3S. The predicted octanol–water partition coefficient (Wildman–Crippen LogP) is 3.05. The maximum Gasteiger partial charge on any atom is 0.287 e. The maximum absolute atomic E-state index is 12.9. The smallest absolute Gasteiger partial charge is 0.287 e. The highest BCUT2D eigenvalue weighted by atomic mass is 32.2. The van der Waals surface area contributed by atoms with Gasteiger partial charge in [0.05, 0.1) is 6.20 Å². The zero-order chi connectivity index (χ0) is 20.2. The lowest BCUT2D eigenvalue weighted by Gasteiger charge is -2.34. The van der Waals surface area contributed by atoms with Gasteiger partial charge in [-0.05, 0) is 41.5 Å². The third-order valence-electron chi connectivity index (χ3n) is 5.75. The lowest BCUT2D eigenvalue weighted by Crippen LogP contribution is -2.42. The van der Waals surface area contributed by atoms with Crippen LogP contribution in [0.1, 0.15) is 36.7 Å². The second-order valence-electron chi connectivity index (χ2n) is 7.58. The number of aromatic nitrogens is 1. The minimum absolute atomic E-state index is 0.0792. The molecule has 7 heteroatoms. The van der Waals surface area contributed by atoms with Crippen molar-refractivity contribution < 1.29 is 13.8 Å². The molecule has 0 saturated carbocycles. The number of allylic oxidation sites excluding steroid dienone is 1. The highest BCUT2D eigenvalue weighted by molar-refractivity contribution is 7.92. The number of hydrogen-bond acceptors (Lipinski definition) is 5. The number of nitrogens with one attached hydrogen (secondary N) is 1. The van der Waals surface area contributed by atoms with Crippen LogP contribution in [-0.2, 0) is 11.2 Å². The van der Waals surface area contributed by atoms with Gasteiger partial charge in [-0.15, -0.1) is 0 Å². The van der Waals surface area contributed by atoms with Crippen molar-refractivity contribution in [2.75, 3.05) is 26.2 Å². The van der Waals surface area contributed by atoms with E-state index in [1.807, 2.05) is 12.1 Å². The Kier molecular flexibility index (Phi) is 6.37. The molecular weight excluding hydrogens is 386 g/mol. The van der Waals surface area contributed by atoms with Gasteiger partial charge in [0, 0.05) is 50.5 Å². The molecule has 1 aliphatic carbocycles. The number of likely N-dealkylation sites (tertiary alicyclic amines) is 1. The van der Waals surface area contributed by atoms with E-state index in [4.69, 9.17) is 4.42 Å². The van der Waals surface area contributed by atoms with E-state index >= 15 is 0 Å². The average molecular weight is 414 g/mol. The number of carbonyl (C=O) groups excluding carboxylic acids is 1. The Hall–Kier alpha value is -2.09. The molecule has 1 amide bonds. The minimum atomic E-state index is -0.843. The Balaban J connectivity index is 1.27. The molecule has 1 N–H and O–H groups in total. The molecule has 6 nitrogen and oxygen atoms in total. The summed E-state index contributed by atoms with van der Waals surface area (Å²) < 4.78 is 18.5. The molecule has 2 atom stereocenters. The second kappa shape index (κ2) is 9.15. The third kappa shape index (κ3) is 4.74. The van der Waals surface area contributed by atoms with Crippen LogP contribution in [0.3, 0.4) is 0 Å². The molecule has 1 fully saturated rings. The van der Waals surface area contributed by atoms with Gasteiger partial charge in [-0.1, -0.05) is 19.1 Å². The van der Waals surface area contributed by atoms with E-state index in [1.54, 1.807) is 18.5 Å². The van der Waals surface area contributed by atoms with E-state index in [2.05, 4.69) is 34.3 Å². The number of furan rings is 1. The number of amides is 1. The van der Waals surface area contributed by atoms with Gasteiger partial charge in [0.25, 0.3) is 5.91 Å². The number of nitrogens with zero attached hydrogens (tertiary/aromatic N) is 2. The highest BCUT2D eigenvalue weighted by Gasteiger charge is 2.32. The van der Waals surface area contributed by atoms with Gasteiger partial charge >= 0.3 is 0 Å². The molecule has 4 rings (SSSR count). The van der Waals surface area contributed by atoms with Crippen LogP contribution in [0.25, 0.3) is 11.0 Å². The second-order valence-corrected chi connectivity index (χ2v) is 9.51. The van der Waals surface area contributed by atoms with Crippen molar-refractivity contribution in [3.05, 3.63) is 54.1 Å². The first-order valence-electron chi connectivity index (χ1n) is 10.2. The molecule has 0 aromatic carbocycles. The van der Waals surface area contributed by atoms with Gasteiger partial charge in [-0.2, -0.15) is 0 Å². The quantitative estimate of drug-likeness (QED) is 0.736. The summed E-state index contributed by atoms with van der Waals surface area (Å²) in [6.07, 6.45) is 12.2. The zero-order valence-electron chi connectivity index (χ0n) is 16.7. The van der Waals surface area contributed by atoms with Crippen LogP contribution in [0.4, 0.5) is 0 Å². The van der Waals surface area contributed by atoms with Gasteiger partial charge in [0.15, 0.2) is 11.3 Å². The number of carbonyl (C=O) groups is 1. The lowest BCUT2D eigenvalue weighted by molar-refractivity contribution is 0.0932. The van der Waals surface area contributed by atoms with Crippen LogP contribution in [0.2, 0.25) is 0 Å². The van der Waals surface area contributed by atoms with Gasteiger partial charge in [-0.3, -0.25) is 9.78 Å². The van der Waals surface area contributed by atoms with E-state index < -0.39 is 11.2 Å². The fourth-order valence-corrected chi connectivity index (χ4v) is 5.61. The third-order valence-corrected chi connectivity index (χ3v) is 7.82. The van der Waals surface area contributed by atoms with E-state index in [-0.39, 0.29) is 16.9 Å². The van der Waals surface area contributed by atoms with Crippen LogP contribution in [0.5, 0.6) is 0 Å². The monoisotopic (exact) mass is 413 g/mol. The predicted molar refractivity (Wildman–Crippen MR) is 115 cm³/mol. The molecule has 2 unspecified atom stereocenters. The standard InChI is InChI=1S/C22H27N3O3S/c1-2-25-11-8-19(9-12-25)29(27)18-5-3-16(4-6-18)14-24-22(26)20-13-17-7-10-23-15-21(17)28-20/h3-5,7,10,13,15,18-19H,2,6,8-9,11-12,14H2,1H3,(H,24,26). The fraction of sp³-hybridized carbons (Fsp3) is 0.455. The van der Waals surface area contributed by atoms with Crippen molar-refractivity contribution in [1.29, 1.82) is 0 Å². The topological polar surface area (TPSA) is 81.4 Å². The molecule has 2 aliphatic rings. The Morgan fingerprint density at radius 1 is 1.41 bits per heavy atom. The fourth-order valence-electron chi connectivity index (χ4n) is 3.92. The van der Waals surface area contributed by atoms with Gasteiger partial charge in [0.1, 0.15) is 10.5 Å². The molecule has 0 bridgehead atoms. The van der Waals surface area contributed by atoms with Crippen molar-refractivity contribution in [1.82, 2.24) is 15.2 Å². The summed E-state index contributed by atoms with van der Waals surface area (Å²) in [4.78, 5) is 18.8. The number of piperidine rings is 1. The molecule has 0 spiro atoms. The molecule has 0 radical (unpaired) electrons. The van der Waals surface area contributed by atoms with Crippen molar-refractivity contribution in [2.45, 2.75) is 36.7 Å². The summed E-state index contributed by atoms with van der Waals surface area (Å²) in [6, 6.07) is 3.54. The minimum Gasteiger partial charge on any atom is -0.616 e. The van der Waals surface area contributed by atoms with Gasteiger partial charge < -0.3 is 19.2 Å². The molecule has 3 heterocycles. The van der Waals surface area contributed by atoms with E-state index in [0.717, 1.165) is 49.9 Å². The summed E-state index contributed by atoms with van der Waals surface area (Å²) in [7, 11) is 0. The van der Waals surface area contributed by atoms with Gasteiger partial charge in [-0.25, -0.2) is 0 Å². The largest absolute Gasteiger partial charge is 0.616 e. The van der Waals surface area contributed by atoms with E-state index in [0.29, 0.717) is 17.4 Å². The first-order valence-corrected chi connectivity index (χ1v) is 11.5. The molecule has 1 saturated heterocycles. The lowest BCUT2D eigenvalue weighted by atomic mass is 10.1. The van der Waals surface area contributed by atoms with E-state index in [9.17, 15) is 9.35 Å². The Labute approximate surface area is 174 Å². The summed E-state index contributed by atoms with van der Waals surface area (Å²) in [5, 5.41) is 4.13. The van der Waals surface area contributed by atoms with Crippen LogP contribution in [0.15, 0.2) is 52.7 Å². The van der Waals surface area contributed by atoms with Crippen molar-refractivity contribution in [2.24, 2.45) is 0 Å². The number of hydrogen-bond donors (Lipinski definition) is 1. The van der Waals surface area contributed by atoms with Crippen LogP contribution in [-0.4, -0.2) is 57.0 Å². The Morgan fingerprint density at radius 3 is 2.93 bits per heavy atom. The Bertz CT molecular complexity index is 882. The molecule has 2 aromatic heterocycles. The van der Waals surface area contributed by atoms with E-state index in [1.165, 1.54) is 0 Å². The van der Waals surface area contributed by atoms with Crippen molar-refractivity contribution >= 4 is 28.1 Å². The van der Waals surface area contributed by atoms with Gasteiger partial charge in [0.2, 0.25) is 0 Å². The van der Waals surface area contributed by atoms with Crippen molar-refractivity contribution in [3.8, 4) is 0 Å². The van der Waals surface area contributed by atoms with Crippen molar-refractivity contribution in [3.63, 3.8) is 0 Å². The summed E-state index contributed by atoms with van der Waals surface area (Å²) in [5.74, 6) is 0.0367. The summed E-state index contributed by atoms with van der Waals surface area (Å²) >= 11 is -0.843. The molecule has 29 heavy (non-hydrogen) atoms. The van der Waals surface area contributed by atoms with Crippen LogP contribution >= 0.6 is 0 Å². The molecule has 1 aliphatic heterocycles. The molecule has 2 aromatic rings.